The summed E-state index contributed by atoms with van der Waals surface area (Å²) in [7, 11) is 0. The molecule has 4 aromatic rings. The fourth-order valence-corrected chi connectivity index (χ4v) is 2.77. The van der Waals surface area contributed by atoms with E-state index in [0.29, 0.717) is 22.4 Å². The second-order valence-electron chi connectivity index (χ2n) is 5.67. The minimum atomic E-state index is -0.0920. The molecule has 0 saturated carbocycles. The van der Waals surface area contributed by atoms with Crippen LogP contribution in [0.5, 0.6) is 0 Å². The fourth-order valence-electron chi connectivity index (χ4n) is 2.77. The molecule has 2 N–H and O–H groups in total. The highest BCUT2D eigenvalue weighted by atomic mass is 16.3. The largest absolute Gasteiger partial charge is 0.456 e. The lowest BCUT2D eigenvalue weighted by atomic mass is 10.0. The summed E-state index contributed by atoms with van der Waals surface area (Å²) in [5.74, 6) is 0.553. The van der Waals surface area contributed by atoms with E-state index in [-0.39, 0.29) is 5.43 Å². The summed E-state index contributed by atoms with van der Waals surface area (Å²) < 4.78 is 5.87. The van der Waals surface area contributed by atoms with Crippen molar-refractivity contribution in [1.29, 1.82) is 0 Å². The molecule has 3 aromatic carbocycles. The van der Waals surface area contributed by atoms with Gasteiger partial charge in [-0.25, -0.2) is 0 Å². The molecule has 116 valence electrons. The molecule has 0 aliphatic heterocycles. The highest BCUT2D eigenvalue weighted by Crippen LogP contribution is 2.26. The Bertz CT molecular complexity index is 1060. The third-order valence-electron chi connectivity index (χ3n) is 4.03. The Balaban J connectivity index is 1.78. The van der Waals surface area contributed by atoms with Crippen molar-refractivity contribution in [3.05, 3.63) is 89.1 Å². The number of anilines is 1. The van der Waals surface area contributed by atoms with Crippen LogP contribution in [0.25, 0.3) is 33.4 Å². The number of rotatable bonds is 2. The molecule has 0 spiro atoms. The fraction of sp³-hybridized carbons (Fsp3) is 0. The zero-order valence-corrected chi connectivity index (χ0v) is 12.9. The molecule has 3 heteroatoms. The van der Waals surface area contributed by atoms with Gasteiger partial charge in [-0.2, -0.15) is 0 Å². The molecule has 1 heterocycles. The van der Waals surface area contributed by atoms with Crippen molar-refractivity contribution in [2.24, 2.45) is 0 Å². The maximum Gasteiger partial charge on any atom is 0.193 e. The first kappa shape index (κ1) is 14.3. The molecule has 0 aliphatic rings. The van der Waals surface area contributed by atoms with Crippen LogP contribution < -0.4 is 11.2 Å². The van der Waals surface area contributed by atoms with Crippen LogP contribution in [0.3, 0.4) is 0 Å². The van der Waals surface area contributed by atoms with Crippen LogP contribution in [0.2, 0.25) is 0 Å². The average molecular weight is 313 g/mol. The molecule has 0 radical (unpaired) electrons. The highest BCUT2D eigenvalue weighted by Gasteiger charge is 2.07. The molecular weight excluding hydrogens is 298 g/mol. The van der Waals surface area contributed by atoms with E-state index < -0.39 is 0 Å². The van der Waals surface area contributed by atoms with Gasteiger partial charge in [-0.1, -0.05) is 54.6 Å². The Hall–Kier alpha value is -3.33. The number of hydrogen-bond donors (Lipinski definition) is 1. The van der Waals surface area contributed by atoms with Crippen molar-refractivity contribution >= 4 is 16.7 Å². The van der Waals surface area contributed by atoms with Crippen molar-refractivity contribution in [1.82, 2.24) is 0 Å². The maximum atomic E-state index is 12.3. The smallest absolute Gasteiger partial charge is 0.193 e. The molecule has 0 atom stereocenters. The van der Waals surface area contributed by atoms with Crippen molar-refractivity contribution < 1.29 is 4.42 Å². The first-order valence-corrected chi connectivity index (χ1v) is 7.70. The molecule has 4 rings (SSSR count). The van der Waals surface area contributed by atoms with Gasteiger partial charge in [0, 0.05) is 17.3 Å². The molecular formula is C21H15NO2. The summed E-state index contributed by atoms with van der Waals surface area (Å²) in [6.45, 7) is 0. The molecule has 1 aromatic heterocycles. The van der Waals surface area contributed by atoms with Gasteiger partial charge in [0.15, 0.2) is 5.43 Å². The van der Waals surface area contributed by atoms with Crippen LogP contribution in [0.1, 0.15) is 0 Å². The number of fused-ring (bicyclic) bond motifs is 1. The third-order valence-corrected chi connectivity index (χ3v) is 4.03. The maximum absolute atomic E-state index is 12.3. The van der Waals surface area contributed by atoms with Crippen LogP contribution in [0.4, 0.5) is 5.69 Å². The van der Waals surface area contributed by atoms with E-state index in [2.05, 4.69) is 12.1 Å². The topological polar surface area (TPSA) is 56.2 Å². The normalized spacial score (nSPS) is 10.8. The Morgan fingerprint density at radius 1 is 0.708 bits per heavy atom. The number of hydrogen-bond acceptors (Lipinski definition) is 3. The van der Waals surface area contributed by atoms with E-state index in [0.717, 1.165) is 16.7 Å². The van der Waals surface area contributed by atoms with Crippen molar-refractivity contribution in [2.75, 3.05) is 5.73 Å². The van der Waals surface area contributed by atoms with Gasteiger partial charge in [0.05, 0.1) is 5.39 Å². The first-order valence-electron chi connectivity index (χ1n) is 7.70. The summed E-state index contributed by atoms with van der Waals surface area (Å²) >= 11 is 0. The highest BCUT2D eigenvalue weighted by molar-refractivity contribution is 5.82. The van der Waals surface area contributed by atoms with Crippen molar-refractivity contribution in [3.63, 3.8) is 0 Å². The second kappa shape index (κ2) is 5.70. The Morgan fingerprint density at radius 2 is 1.38 bits per heavy atom. The standard InChI is InChI=1S/C21H15NO2/c22-17-10-11-20-18(12-17)19(23)13-21(24-20)16-8-6-15(7-9-16)14-4-2-1-3-5-14/h1-13H,22H2. The number of nitrogen functional groups attached to an aromatic ring is 1. The minimum absolute atomic E-state index is 0.0920. The van der Waals surface area contributed by atoms with Crippen LogP contribution in [-0.4, -0.2) is 0 Å². The summed E-state index contributed by atoms with van der Waals surface area (Å²) in [5, 5.41) is 0.500. The number of nitrogens with two attached hydrogens (primary N) is 1. The van der Waals surface area contributed by atoms with E-state index in [1.807, 2.05) is 42.5 Å². The van der Waals surface area contributed by atoms with Gasteiger partial charge in [-0.3, -0.25) is 4.79 Å². The predicted octanol–water partition coefficient (Wildman–Crippen LogP) is 4.71. The third kappa shape index (κ3) is 2.57. The van der Waals surface area contributed by atoms with E-state index in [9.17, 15) is 4.79 Å². The van der Waals surface area contributed by atoms with Gasteiger partial charge in [-0.15, -0.1) is 0 Å². The Kier molecular flexibility index (Phi) is 3.39. The van der Waals surface area contributed by atoms with Crippen LogP contribution in [0, 0.1) is 0 Å². The van der Waals surface area contributed by atoms with Crippen molar-refractivity contribution in [3.8, 4) is 22.5 Å². The summed E-state index contributed by atoms with van der Waals surface area (Å²) in [5.41, 5.74) is 9.87. The molecule has 0 amide bonds. The first-order chi connectivity index (χ1) is 11.7. The van der Waals surface area contributed by atoms with E-state index in [1.54, 1.807) is 18.2 Å². The summed E-state index contributed by atoms with van der Waals surface area (Å²) in [6, 6.07) is 24.7. The van der Waals surface area contributed by atoms with Crippen LogP contribution in [-0.2, 0) is 0 Å². The second-order valence-corrected chi connectivity index (χ2v) is 5.67. The van der Waals surface area contributed by atoms with E-state index in [1.165, 1.54) is 6.07 Å². The molecule has 0 saturated heterocycles. The molecule has 0 unspecified atom stereocenters. The molecule has 24 heavy (non-hydrogen) atoms. The van der Waals surface area contributed by atoms with Gasteiger partial charge >= 0.3 is 0 Å². The lowest BCUT2D eigenvalue weighted by Gasteiger charge is -2.06. The van der Waals surface area contributed by atoms with Gasteiger partial charge < -0.3 is 10.2 Å². The SMILES string of the molecule is Nc1ccc2oc(-c3ccc(-c4ccccc4)cc3)cc(=O)c2c1. The molecule has 0 bridgehead atoms. The zero-order valence-electron chi connectivity index (χ0n) is 12.9. The zero-order chi connectivity index (χ0) is 16.5. The van der Waals surface area contributed by atoms with Gasteiger partial charge in [-0.05, 0) is 29.3 Å². The van der Waals surface area contributed by atoms with E-state index >= 15 is 0 Å². The molecule has 0 fully saturated rings. The predicted molar refractivity (Wildman–Crippen MR) is 97.8 cm³/mol. The van der Waals surface area contributed by atoms with Gasteiger partial charge in [0.25, 0.3) is 0 Å². The quantitative estimate of drug-likeness (QED) is 0.545. The lowest BCUT2D eigenvalue weighted by Crippen LogP contribution is -2.01. The van der Waals surface area contributed by atoms with Crippen LogP contribution >= 0.6 is 0 Å². The Morgan fingerprint density at radius 3 is 2.12 bits per heavy atom. The summed E-state index contributed by atoms with van der Waals surface area (Å²) in [6.07, 6.45) is 0. The Labute approximate surface area is 139 Å². The monoisotopic (exact) mass is 313 g/mol. The average Bonchev–Trinajstić information content (AvgIpc) is 2.63. The van der Waals surface area contributed by atoms with E-state index in [4.69, 9.17) is 10.2 Å². The lowest BCUT2D eigenvalue weighted by molar-refractivity contribution is 0.619. The summed E-state index contributed by atoms with van der Waals surface area (Å²) in [4.78, 5) is 12.3. The van der Waals surface area contributed by atoms with Crippen molar-refractivity contribution in [2.45, 2.75) is 0 Å². The number of benzene rings is 3. The van der Waals surface area contributed by atoms with Crippen LogP contribution in [0.15, 0.2) is 88.1 Å². The molecule has 3 nitrogen and oxygen atoms in total. The molecule has 0 aliphatic carbocycles. The minimum Gasteiger partial charge on any atom is -0.456 e. The van der Waals surface area contributed by atoms with Gasteiger partial charge in [0.1, 0.15) is 11.3 Å². The van der Waals surface area contributed by atoms with Gasteiger partial charge in [0.2, 0.25) is 0 Å².